The van der Waals surface area contributed by atoms with Crippen LogP contribution in [0.15, 0.2) is 66.9 Å². The second-order valence-electron chi connectivity index (χ2n) is 9.26. The topological polar surface area (TPSA) is 44.1 Å². The van der Waals surface area contributed by atoms with Gasteiger partial charge in [0.2, 0.25) is 5.91 Å². The molecule has 6 nitrogen and oxygen atoms in total. The van der Waals surface area contributed by atoms with Gasteiger partial charge in [-0.1, -0.05) is 12.1 Å². The van der Waals surface area contributed by atoms with E-state index in [1.807, 2.05) is 35.2 Å². The van der Waals surface area contributed by atoms with Crippen molar-refractivity contribution in [3.8, 4) is 0 Å². The Bertz CT molecular complexity index is 1330. The molecule has 4 aromatic rings. The molecule has 0 radical (unpaired) electrons. The van der Waals surface area contributed by atoms with Crippen molar-refractivity contribution in [3.63, 3.8) is 0 Å². The first-order valence-corrected chi connectivity index (χ1v) is 12.1. The number of hydrogen-bond acceptors (Lipinski definition) is 4. The predicted molar refractivity (Wildman–Crippen MR) is 133 cm³/mol. The summed E-state index contributed by atoms with van der Waals surface area (Å²) < 4.78 is 15.4. The number of benzene rings is 2. The van der Waals surface area contributed by atoms with E-state index in [0.29, 0.717) is 19.6 Å². The third-order valence-electron chi connectivity index (χ3n) is 7.20. The number of halogens is 1. The average molecular weight is 458 g/mol. The van der Waals surface area contributed by atoms with Gasteiger partial charge in [0, 0.05) is 51.2 Å². The lowest BCUT2D eigenvalue weighted by Crippen LogP contribution is -2.52. The van der Waals surface area contributed by atoms with Crippen LogP contribution in [0.3, 0.4) is 0 Å². The number of anilines is 2. The van der Waals surface area contributed by atoms with Crippen LogP contribution in [0.5, 0.6) is 0 Å². The lowest BCUT2D eigenvalue weighted by atomic mass is 9.96. The minimum atomic E-state index is -0.224. The van der Waals surface area contributed by atoms with E-state index in [-0.39, 0.29) is 17.6 Å². The van der Waals surface area contributed by atoms with Gasteiger partial charge >= 0.3 is 0 Å². The molecule has 1 amide bonds. The number of carbonyl (C=O) groups is 1. The Morgan fingerprint density at radius 3 is 2.44 bits per heavy atom. The lowest BCUT2D eigenvalue weighted by Gasteiger charge is -2.40. The quantitative estimate of drug-likeness (QED) is 0.463. The van der Waals surface area contributed by atoms with Gasteiger partial charge in [0.05, 0.1) is 22.5 Å². The fraction of sp³-hybridized carbons (Fsp3) is 0.333. The van der Waals surface area contributed by atoms with E-state index < -0.39 is 0 Å². The number of aromatic nitrogens is 2. The highest BCUT2D eigenvalue weighted by Gasteiger charge is 2.32. The van der Waals surface area contributed by atoms with Gasteiger partial charge in [-0.05, 0) is 61.4 Å². The Morgan fingerprint density at radius 1 is 0.853 bits per heavy atom. The summed E-state index contributed by atoms with van der Waals surface area (Å²) in [6, 6.07) is 19.0. The maximum atomic E-state index is 13.4. The van der Waals surface area contributed by atoms with Crippen LogP contribution in [-0.4, -0.2) is 59.5 Å². The molecule has 0 unspecified atom stereocenters. The summed E-state index contributed by atoms with van der Waals surface area (Å²) in [6.45, 7) is 4.54. The van der Waals surface area contributed by atoms with Gasteiger partial charge in [-0.2, -0.15) is 0 Å². The molecule has 0 aliphatic carbocycles. The van der Waals surface area contributed by atoms with Gasteiger partial charge in [0.15, 0.2) is 5.82 Å². The number of piperazine rings is 1. The molecule has 2 aromatic heterocycles. The van der Waals surface area contributed by atoms with Crippen molar-refractivity contribution in [2.75, 3.05) is 49.1 Å². The molecular weight excluding hydrogens is 429 g/mol. The molecule has 34 heavy (non-hydrogen) atoms. The summed E-state index contributed by atoms with van der Waals surface area (Å²) in [5.41, 5.74) is 4.15. The summed E-state index contributed by atoms with van der Waals surface area (Å²) >= 11 is 0. The number of nitrogens with zero attached hydrogens (tertiary/aromatic N) is 5. The zero-order valence-electron chi connectivity index (χ0n) is 19.1. The molecule has 2 aliphatic heterocycles. The molecule has 0 bridgehead atoms. The standard InChI is InChI=1S/C27H28FN5O/c28-21-9-11-22(12-10-21)30-15-17-31(18-16-30)27(34)20-5-3-13-32(19-20)26-25-8-4-14-33(25)24-7-2-1-6-23(24)29-26/h1-2,4,6-12,14,20H,3,5,13,15-19H2/t20-/m1/s1. The van der Waals surface area contributed by atoms with Crippen LogP contribution in [0.25, 0.3) is 16.6 Å². The van der Waals surface area contributed by atoms with Crippen LogP contribution < -0.4 is 9.80 Å². The minimum Gasteiger partial charge on any atom is -0.368 e. The molecule has 0 saturated carbocycles. The highest BCUT2D eigenvalue weighted by molar-refractivity contribution is 5.86. The van der Waals surface area contributed by atoms with Crippen molar-refractivity contribution in [1.82, 2.24) is 14.3 Å². The number of amides is 1. The third kappa shape index (κ3) is 3.75. The van der Waals surface area contributed by atoms with Crippen LogP contribution in [0, 0.1) is 11.7 Å². The lowest BCUT2D eigenvalue weighted by molar-refractivity contribution is -0.136. The first-order chi connectivity index (χ1) is 16.7. The zero-order chi connectivity index (χ0) is 23.1. The number of fused-ring (bicyclic) bond motifs is 3. The predicted octanol–water partition coefficient (Wildman–Crippen LogP) is 4.19. The van der Waals surface area contributed by atoms with Crippen molar-refractivity contribution in [2.45, 2.75) is 12.8 Å². The third-order valence-corrected chi connectivity index (χ3v) is 7.20. The number of piperidine rings is 1. The van der Waals surface area contributed by atoms with Crippen molar-refractivity contribution >= 4 is 34.0 Å². The van der Waals surface area contributed by atoms with Crippen molar-refractivity contribution in [1.29, 1.82) is 0 Å². The fourth-order valence-corrected chi connectivity index (χ4v) is 5.41. The average Bonchev–Trinajstić information content (AvgIpc) is 3.39. The summed E-state index contributed by atoms with van der Waals surface area (Å²) in [7, 11) is 0. The van der Waals surface area contributed by atoms with E-state index >= 15 is 0 Å². The number of para-hydroxylation sites is 2. The van der Waals surface area contributed by atoms with E-state index in [0.717, 1.165) is 60.5 Å². The second-order valence-corrected chi connectivity index (χ2v) is 9.26. The van der Waals surface area contributed by atoms with Gasteiger partial charge in [0.25, 0.3) is 0 Å². The maximum Gasteiger partial charge on any atom is 0.227 e. The van der Waals surface area contributed by atoms with E-state index in [1.54, 1.807) is 0 Å². The van der Waals surface area contributed by atoms with Gasteiger partial charge in [0.1, 0.15) is 5.82 Å². The number of hydrogen-bond donors (Lipinski definition) is 0. The summed E-state index contributed by atoms with van der Waals surface area (Å²) in [6.07, 6.45) is 3.97. The molecule has 2 aromatic carbocycles. The molecule has 2 saturated heterocycles. The smallest absolute Gasteiger partial charge is 0.227 e. The summed E-state index contributed by atoms with van der Waals surface area (Å²) in [5.74, 6) is 0.963. The van der Waals surface area contributed by atoms with Crippen LogP contribution >= 0.6 is 0 Å². The van der Waals surface area contributed by atoms with Crippen LogP contribution in [0.1, 0.15) is 12.8 Å². The molecule has 6 rings (SSSR count). The maximum absolute atomic E-state index is 13.4. The van der Waals surface area contributed by atoms with E-state index in [4.69, 9.17) is 4.98 Å². The molecule has 2 aliphatic rings. The normalized spacial score (nSPS) is 19.2. The highest BCUT2D eigenvalue weighted by atomic mass is 19.1. The first kappa shape index (κ1) is 21.0. The van der Waals surface area contributed by atoms with E-state index in [9.17, 15) is 9.18 Å². The molecule has 7 heteroatoms. The van der Waals surface area contributed by atoms with E-state index in [2.05, 4.69) is 38.6 Å². The Hall–Kier alpha value is -3.61. The van der Waals surface area contributed by atoms with Gasteiger partial charge < -0.3 is 19.1 Å². The van der Waals surface area contributed by atoms with Crippen molar-refractivity contribution in [3.05, 3.63) is 72.7 Å². The largest absolute Gasteiger partial charge is 0.368 e. The second kappa shape index (κ2) is 8.63. The van der Waals surface area contributed by atoms with Gasteiger partial charge in [-0.15, -0.1) is 0 Å². The van der Waals surface area contributed by atoms with Crippen molar-refractivity contribution < 1.29 is 9.18 Å². The van der Waals surface area contributed by atoms with E-state index in [1.165, 1.54) is 12.1 Å². The molecule has 4 heterocycles. The fourth-order valence-electron chi connectivity index (χ4n) is 5.41. The van der Waals surface area contributed by atoms with Crippen LogP contribution in [0.2, 0.25) is 0 Å². The number of rotatable bonds is 3. The van der Waals surface area contributed by atoms with Crippen LogP contribution in [0.4, 0.5) is 15.9 Å². The molecule has 174 valence electrons. The summed E-state index contributed by atoms with van der Waals surface area (Å²) in [5, 5.41) is 0. The Kier molecular flexibility index (Phi) is 5.32. The monoisotopic (exact) mass is 457 g/mol. The highest BCUT2D eigenvalue weighted by Crippen LogP contribution is 2.30. The Morgan fingerprint density at radius 2 is 1.62 bits per heavy atom. The molecular formula is C27H28FN5O. The minimum absolute atomic E-state index is 0.0191. The Labute approximate surface area is 198 Å². The van der Waals surface area contributed by atoms with Gasteiger partial charge in [-0.3, -0.25) is 4.79 Å². The molecule has 0 spiro atoms. The molecule has 2 fully saturated rings. The van der Waals surface area contributed by atoms with Crippen molar-refractivity contribution in [2.24, 2.45) is 5.92 Å². The molecule has 0 N–H and O–H groups in total. The van der Waals surface area contributed by atoms with Gasteiger partial charge in [-0.25, -0.2) is 9.37 Å². The summed E-state index contributed by atoms with van der Waals surface area (Å²) in [4.78, 5) is 25.0. The van der Waals surface area contributed by atoms with Crippen LogP contribution in [-0.2, 0) is 4.79 Å². The Balaban J connectivity index is 1.17. The molecule has 1 atom stereocenters. The first-order valence-electron chi connectivity index (χ1n) is 12.1. The SMILES string of the molecule is O=C([C@@H]1CCCN(c2nc3ccccc3n3cccc23)C1)N1CCN(c2ccc(F)cc2)CC1. The number of carbonyl (C=O) groups excluding carboxylic acids is 1. The zero-order valence-corrected chi connectivity index (χ0v) is 19.1.